The van der Waals surface area contributed by atoms with E-state index < -0.39 is 16.8 Å². The van der Waals surface area contributed by atoms with E-state index in [1.54, 1.807) is 24.1 Å². The first kappa shape index (κ1) is 16.4. The standard InChI is InChI=1S/C14H13ClF3N3O/c1-21-8-9(7-19-21)2-5-13(22)20-10-3-4-12(15)11(6-10)14(16,17)18/h3-4,6-8H,2,5H2,1H3,(H,20,22). The van der Waals surface area contributed by atoms with Crippen LogP contribution in [0.3, 0.4) is 0 Å². The zero-order valence-corrected chi connectivity index (χ0v) is 12.4. The topological polar surface area (TPSA) is 46.9 Å². The van der Waals surface area contributed by atoms with E-state index in [2.05, 4.69) is 10.4 Å². The number of aromatic nitrogens is 2. The molecule has 4 nitrogen and oxygen atoms in total. The SMILES string of the molecule is Cn1cc(CCC(=O)Nc2ccc(Cl)c(C(F)(F)F)c2)cn1. The van der Waals surface area contributed by atoms with Crippen LogP contribution in [-0.2, 0) is 24.4 Å². The Morgan fingerprint density at radius 2 is 2.14 bits per heavy atom. The first-order valence-electron chi connectivity index (χ1n) is 6.40. The smallest absolute Gasteiger partial charge is 0.326 e. The normalized spacial score (nSPS) is 11.5. The molecule has 0 saturated carbocycles. The summed E-state index contributed by atoms with van der Waals surface area (Å²) in [6.45, 7) is 0. The molecule has 0 spiro atoms. The second kappa shape index (κ2) is 6.39. The molecule has 1 aromatic heterocycles. The van der Waals surface area contributed by atoms with Gasteiger partial charge in [-0.15, -0.1) is 0 Å². The fourth-order valence-electron chi connectivity index (χ4n) is 1.90. The molecule has 0 radical (unpaired) electrons. The van der Waals surface area contributed by atoms with Gasteiger partial charge in [-0.05, 0) is 30.2 Å². The van der Waals surface area contributed by atoms with Crippen LogP contribution in [0, 0.1) is 0 Å². The van der Waals surface area contributed by atoms with Crippen molar-refractivity contribution in [2.24, 2.45) is 7.05 Å². The Labute approximate surface area is 129 Å². The Kier molecular flexibility index (Phi) is 4.75. The van der Waals surface area contributed by atoms with Crippen LogP contribution >= 0.6 is 11.6 Å². The van der Waals surface area contributed by atoms with Crippen molar-refractivity contribution in [3.63, 3.8) is 0 Å². The Hall–Kier alpha value is -2.02. The lowest BCUT2D eigenvalue weighted by Gasteiger charge is -2.11. The molecule has 2 aromatic rings. The van der Waals surface area contributed by atoms with Crippen molar-refractivity contribution in [3.8, 4) is 0 Å². The number of nitrogens with one attached hydrogen (secondary N) is 1. The van der Waals surface area contributed by atoms with Crippen molar-refractivity contribution in [2.75, 3.05) is 5.32 Å². The van der Waals surface area contributed by atoms with Crippen molar-refractivity contribution >= 4 is 23.2 Å². The third-order valence-corrected chi connectivity index (χ3v) is 3.28. The monoisotopic (exact) mass is 331 g/mol. The van der Waals surface area contributed by atoms with Gasteiger partial charge in [0.1, 0.15) is 0 Å². The number of hydrogen-bond donors (Lipinski definition) is 1. The van der Waals surface area contributed by atoms with Gasteiger partial charge in [0.05, 0.1) is 16.8 Å². The molecule has 0 bridgehead atoms. The molecule has 1 amide bonds. The van der Waals surface area contributed by atoms with Crippen molar-refractivity contribution in [1.29, 1.82) is 0 Å². The van der Waals surface area contributed by atoms with Gasteiger partial charge in [-0.3, -0.25) is 9.48 Å². The maximum Gasteiger partial charge on any atom is 0.417 e. The Morgan fingerprint density at radius 1 is 1.41 bits per heavy atom. The third-order valence-electron chi connectivity index (χ3n) is 2.95. The molecule has 0 fully saturated rings. The quantitative estimate of drug-likeness (QED) is 0.929. The maximum absolute atomic E-state index is 12.7. The molecule has 118 valence electrons. The fourth-order valence-corrected chi connectivity index (χ4v) is 2.13. The molecule has 0 unspecified atom stereocenters. The molecule has 8 heteroatoms. The summed E-state index contributed by atoms with van der Waals surface area (Å²) in [4.78, 5) is 11.8. The molecular formula is C14H13ClF3N3O. The molecule has 22 heavy (non-hydrogen) atoms. The van der Waals surface area contributed by atoms with Crippen molar-refractivity contribution < 1.29 is 18.0 Å². The summed E-state index contributed by atoms with van der Waals surface area (Å²) in [5.74, 6) is -0.376. The molecule has 1 aromatic carbocycles. The number of carbonyl (C=O) groups excluding carboxylic acids is 1. The Bertz CT molecular complexity index is 682. The lowest BCUT2D eigenvalue weighted by molar-refractivity contribution is -0.137. The number of halogens is 4. The van der Waals surface area contributed by atoms with Crippen LogP contribution in [0.1, 0.15) is 17.5 Å². The van der Waals surface area contributed by atoms with Gasteiger partial charge in [0.2, 0.25) is 5.91 Å². The first-order chi connectivity index (χ1) is 10.3. The minimum atomic E-state index is -4.56. The van der Waals surface area contributed by atoms with E-state index in [1.165, 1.54) is 6.07 Å². The summed E-state index contributed by atoms with van der Waals surface area (Å²) in [7, 11) is 1.76. The van der Waals surface area contributed by atoms with E-state index in [0.29, 0.717) is 6.42 Å². The summed E-state index contributed by atoms with van der Waals surface area (Å²) < 4.78 is 39.8. The van der Waals surface area contributed by atoms with Crippen molar-refractivity contribution in [1.82, 2.24) is 9.78 Å². The fraction of sp³-hybridized carbons (Fsp3) is 0.286. The maximum atomic E-state index is 12.7. The van der Waals surface area contributed by atoms with Gasteiger partial charge in [0.25, 0.3) is 0 Å². The number of alkyl halides is 3. The van der Waals surface area contributed by atoms with E-state index in [-0.39, 0.29) is 18.0 Å². The largest absolute Gasteiger partial charge is 0.417 e. The second-order valence-corrected chi connectivity index (χ2v) is 5.17. The number of amides is 1. The zero-order valence-electron chi connectivity index (χ0n) is 11.6. The molecule has 0 aliphatic heterocycles. The molecule has 1 heterocycles. The highest BCUT2D eigenvalue weighted by atomic mass is 35.5. The Balaban J connectivity index is 1.99. The van der Waals surface area contributed by atoms with E-state index >= 15 is 0 Å². The summed E-state index contributed by atoms with van der Waals surface area (Å²) in [5.41, 5.74) is -0.0307. The molecule has 0 saturated heterocycles. The summed E-state index contributed by atoms with van der Waals surface area (Å²) in [5, 5.41) is 6.00. The predicted octanol–water partition coefficient (Wildman–Crippen LogP) is 3.66. The zero-order chi connectivity index (χ0) is 16.3. The van der Waals surface area contributed by atoms with Crippen LogP contribution in [0.15, 0.2) is 30.6 Å². The third kappa shape index (κ3) is 4.24. The van der Waals surface area contributed by atoms with E-state index in [9.17, 15) is 18.0 Å². The molecule has 0 aliphatic carbocycles. The second-order valence-electron chi connectivity index (χ2n) is 4.76. The summed E-state index contributed by atoms with van der Waals surface area (Å²) >= 11 is 5.52. The predicted molar refractivity (Wildman–Crippen MR) is 76.6 cm³/mol. The molecule has 0 atom stereocenters. The lowest BCUT2D eigenvalue weighted by Crippen LogP contribution is -2.13. The Morgan fingerprint density at radius 3 is 2.73 bits per heavy atom. The number of carbonyl (C=O) groups is 1. The van der Waals surface area contributed by atoms with E-state index in [0.717, 1.165) is 17.7 Å². The van der Waals surface area contributed by atoms with Crippen LogP contribution in [-0.4, -0.2) is 15.7 Å². The van der Waals surface area contributed by atoms with E-state index in [4.69, 9.17) is 11.6 Å². The molecular weight excluding hydrogens is 319 g/mol. The molecule has 0 aliphatic rings. The average molecular weight is 332 g/mol. The van der Waals surface area contributed by atoms with Crippen LogP contribution in [0.2, 0.25) is 5.02 Å². The molecule has 1 N–H and O–H groups in total. The van der Waals surface area contributed by atoms with Crippen molar-refractivity contribution in [3.05, 3.63) is 46.7 Å². The summed E-state index contributed by atoms with van der Waals surface area (Å²) in [6.07, 6.45) is -0.544. The van der Waals surface area contributed by atoms with Crippen molar-refractivity contribution in [2.45, 2.75) is 19.0 Å². The highest BCUT2D eigenvalue weighted by molar-refractivity contribution is 6.31. The van der Waals surface area contributed by atoms with Crippen LogP contribution < -0.4 is 5.32 Å². The highest BCUT2D eigenvalue weighted by Gasteiger charge is 2.33. The van der Waals surface area contributed by atoms with Crippen LogP contribution in [0.4, 0.5) is 18.9 Å². The molecule has 2 rings (SSSR count). The van der Waals surface area contributed by atoms with Gasteiger partial charge in [-0.25, -0.2) is 0 Å². The van der Waals surface area contributed by atoms with Gasteiger partial charge < -0.3 is 5.32 Å². The van der Waals surface area contributed by atoms with E-state index in [1.807, 2.05) is 0 Å². The van der Waals surface area contributed by atoms with Crippen LogP contribution in [0.25, 0.3) is 0 Å². The lowest BCUT2D eigenvalue weighted by atomic mass is 10.1. The highest BCUT2D eigenvalue weighted by Crippen LogP contribution is 2.36. The van der Waals surface area contributed by atoms with Gasteiger partial charge in [0, 0.05) is 25.4 Å². The average Bonchev–Trinajstić information content (AvgIpc) is 2.83. The van der Waals surface area contributed by atoms with Gasteiger partial charge in [0.15, 0.2) is 0 Å². The minimum Gasteiger partial charge on any atom is -0.326 e. The van der Waals surface area contributed by atoms with Gasteiger partial charge >= 0.3 is 6.18 Å². The van der Waals surface area contributed by atoms with Gasteiger partial charge in [-0.1, -0.05) is 11.6 Å². The van der Waals surface area contributed by atoms with Gasteiger partial charge in [-0.2, -0.15) is 18.3 Å². The number of rotatable bonds is 4. The number of benzene rings is 1. The first-order valence-corrected chi connectivity index (χ1v) is 6.77. The number of anilines is 1. The van der Waals surface area contributed by atoms with Crippen LogP contribution in [0.5, 0.6) is 0 Å². The number of aryl methyl sites for hydroxylation is 2. The number of nitrogens with zero attached hydrogens (tertiary/aromatic N) is 2. The number of hydrogen-bond acceptors (Lipinski definition) is 2. The minimum absolute atomic E-state index is 0.0629. The summed E-state index contributed by atoms with van der Waals surface area (Å²) in [6, 6.07) is 3.27.